The molecule has 5 heteroatoms. The summed E-state index contributed by atoms with van der Waals surface area (Å²) in [5.74, 6) is -0.276. The van der Waals surface area contributed by atoms with Crippen molar-refractivity contribution >= 4 is 11.6 Å². The Labute approximate surface area is 122 Å². The van der Waals surface area contributed by atoms with Crippen molar-refractivity contribution in [2.24, 2.45) is 0 Å². The summed E-state index contributed by atoms with van der Waals surface area (Å²) in [6.45, 7) is 2.16. The third kappa shape index (κ3) is 2.63. The highest BCUT2D eigenvalue weighted by atomic mass is 16.5. The summed E-state index contributed by atoms with van der Waals surface area (Å²) in [5.41, 5.74) is 3.19. The van der Waals surface area contributed by atoms with Crippen molar-refractivity contribution < 1.29 is 9.53 Å². The van der Waals surface area contributed by atoms with Crippen molar-refractivity contribution in [3.05, 3.63) is 54.4 Å². The maximum atomic E-state index is 11.8. The number of carbonyl (C=O) groups is 1. The first kappa shape index (κ1) is 13.3. The monoisotopic (exact) mass is 281 g/mol. The molecule has 3 rings (SSSR count). The van der Waals surface area contributed by atoms with Crippen LogP contribution in [0.4, 0.5) is 0 Å². The van der Waals surface area contributed by atoms with E-state index in [2.05, 4.69) is 10.1 Å². The van der Waals surface area contributed by atoms with Crippen molar-refractivity contribution in [2.75, 3.05) is 6.61 Å². The molecule has 2 aromatic heterocycles. The minimum absolute atomic E-state index is 0.149. The van der Waals surface area contributed by atoms with E-state index in [-0.39, 0.29) is 12.4 Å². The van der Waals surface area contributed by atoms with Crippen molar-refractivity contribution in [1.82, 2.24) is 14.6 Å². The summed E-state index contributed by atoms with van der Waals surface area (Å²) in [6.07, 6.45) is 1.83. The summed E-state index contributed by atoms with van der Waals surface area (Å²) in [6, 6.07) is 13.5. The van der Waals surface area contributed by atoms with E-state index < -0.39 is 0 Å². The molecule has 0 aliphatic carbocycles. The van der Waals surface area contributed by atoms with Gasteiger partial charge in [0.1, 0.15) is 0 Å². The molecule has 0 N–H and O–H groups in total. The lowest BCUT2D eigenvalue weighted by atomic mass is 10.1. The van der Waals surface area contributed by atoms with Gasteiger partial charge in [0.25, 0.3) is 0 Å². The highest BCUT2D eigenvalue weighted by molar-refractivity contribution is 5.77. The Morgan fingerprint density at radius 3 is 2.76 bits per heavy atom. The predicted octanol–water partition coefficient (Wildman–Crippen LogP) is 2.50. The van der Waals surface area contributed by atoms with Crippen LogP contribution in [0.3, 0.4) is 0 Å². The Bertz CT molecular complexity index is 766. The van der Waals surface area contributed by atoms with Gasteiger partial charge in [0.2, 0.25) is 0 Å². The zero-order chi connectivity index (χ0) is 14.7. The fourth-order valence-electron chi connectivity index (χ4n) is 2.27. The van der Waals surface area contributed by atoms with Gasteiger partial charge in [0, 0.05) is 11.8 Å². The second kappa shape index (κ2) is 5.75. The fraction of sp³-hybridized carbons (Fsp3) is 0.188. The molecule has 0 unspecified atom stereocenters. The molecule has 3 aromatic rings. The summed E-state index contributed by atoms with van der Waals surface area (Å²) < 4.78 is 6.74. The molecule has 0 saturated carbocycles. The number of fused-ring (bicyclic) bond motifs is 1. The van der Waals surface area contributed by atoms with E-state index >= 15 is 0 Å². The van der Waals surface area contributed by atoms with Crippen molar-refractivity contribution in [2.45, 2.75) is 13.3 Å². The van der Waals surface area contributed by atoms with E-state index in [1.165, 1.54) is 0 Å². The number of nitrogens with zero attached hydrogens (tertiary/aromatic N) is 3. The summed E-state index contributed by atoms with van der Waals surface area (Å²) >= 11 is 0. The number of carbonyl (C=O) groups excluding carboxylic acids is 1. The predicted molar refractivity (Wildman–Crippen MR) is 78.8 cm³/mol. The Morgan fingerprint density at radius 1 is 1.19 bits per heavy atom. The molecule has 5 nitrogen and oxygen atoms in total. The van der Waals surface area contributed by atoms with Crippen LogP contribution >= 0.6 is 0 Å². The maximum Gasteiger partial charge on any atom is 0.311 e. The second-order valence-electron chi connectivity index (χ2n) is 4.55. The molecule has 0 spiro atoms. The third-order valence-electron chi connectivity index (χ3n) is 3.15. The number of rotatable bonds is 4. The lowest BCUT2D eigenvalue weighted by Gasteiger charge is -2.04. The zero-order valence-electron chi connectivity index (χ0n) is 11.7. The van der Waals surface area contributed by atoms with E-state index in [0.29, 0.717) is 6.61 Å². The Morgan fingerprint density at radius 2 is 2.00 bits per heavy atom. The topological polar surface area (TPSA) is 56.5 Å². The summed E-state index contributed by atoms with van der Waals surface area (Å²) in [7, 11) is 0. The van der Waals surface area contributed by atoms with Gasteiger partial charge in [-0.25, -0.2) is 9.50 Å². The molecule has 0 aliphatic rings. The Balaban J connectivity index is 2.12. The Hall–Kier alpha value is -2.69. The van der Waals surface area contributed by atoms with Crippen molar-refractivity contribution in [1.29, 1.82) is 0 Å². The maximum absolute atomic E-state index is 11.8. The highest BCUT2D eigenvalue weighted by Crippen LogP contribution is 2.24. The number of esters is 1. The number of aromatic nitrogens is 3. The van der Waals surface area contributed by atoms with E-state index in [0.717, 1.165) is 22.6 Å². The van der Waals surface area contributed by atoms with Crippen molar-refractivity contribution in [3.63, 3.8) is 0 Å². The quantitative estimate of drug-likeness (QED) is 0.689. The molecule has 0 atom stereocenters. The van der Waals surface area contributed by atoms with Crippen molar-refractivity contribution in [3.8, 4) is 11.3 Å². The van der Waals surface area contributed by atoms with Gasteiger partial charge in [0.15, 0.2) is 5.65 Å². The minimum atomic E-state index is -0.276. The molecule has 21 heavy (non-hydrogen) atoms. The van der Waals surface area contributed by atoms with Crippen LogP contribution < -0.4 is 0 Å². The summed E-state index contributed by atoms with van der Waals surface area (Å²) in [5, 5.41) is 4.29. The van der Waals surface area contributed by atoms with E-state index in [9.17, 15) is 4.79 Å². The van der Waals surface area contributed by atoms with Crippen LogP contribution in [-0.2, 0) is 16.0 Å². The summed E-state index contributed by atoms with van der Waals surface area (Å²) in [4.78, 5) is 16.4. The van der Waals surface area contributed by atoms with Gasteiger partial charge in [-0.15, -0.1) is 0 Å². The van der Waals surface area contributed by atoms with E-state index in [4.69, 9.17) is 4.74 Å². The molecule has 106 valence electrons. The standard InChI is InChI=1S/C16H15N3O2/c1-2-21-15(20)11-13-16(12-7-4-3-5-8-12)18-14-9-6-10-17-19(13)14/h3-10H,2,11H2,1H3. The average Bonchev–Trinajstić information content (AvgIpc) is 2.87. The largest absolute Gasteiger partial charge is 0.466 e. The number of hydrogen-bond acceptors (Lipinski definition) is 4. The molecule has 2 heterocycles. The van der Waals surface area contributed by atoms with Gasteiger partial charge in [-0.2, -0.15) is 5.10 Å². The van der Waals surface area contributed by atoms with Crippen LogP contribution in [0.1, 0.15) is 12.6 Å². The first-order valence-electron chi connectivity index (χ1n) is 6.83. The van der Waals surface area contributed by atoms with Crippen LogP contribution in [0.2, 0.25) is 0 Å². The van der Waals surface area contributed by atoms with Crippen LogP contribution in [0.25, 0.3) is 16.9 Å². The molecule has 0 aliphatic heterocycles. The number of benzene rings is 1. The molecule has 0 amide bonds. The molecule has 0 bridgehead atoms. The van der Waals surface area contributed by atoms with Crippen LogP contribution in [-0.4, -0.2) is 27.2 Å². The molecular weight excluding hydrogens is 266 g/mol. The molecule has 0 saturated heterocycles. The molecule has 0 fully saturated rings. The fourth-order valence-corrected chi connectivity index (χ4v) is 2.27. The zero-order valence-corrected chi connectivity index (χ0v) is 11.7. The third-order valence-corrected chi connectivity index (χ3v) is 3.15. The molecular formula is C16H15N3O2. The van der Waals surface area contributed by atoms with Gasteiger partial charge in [-0.1, -0.05) is 30.3 Å². The molecule has 1 aromatic carbocycles. The van der Waals surface area contributed by atoms with Gasteiger partial charge >= 0.3 is 5.97 Å². The Kier molecular flexibility index (Phi) is 3.64. The van der Waals surface area contributed by atoms with Gasteiger partial charge in [-0.05, 0) is 19.1 Å². The van der Waals surface area contributed by atoms with Gasteiger partial charge in [-0.3, -0.25) is 4.79 Å². The minimum Gasteiger partial charge on any atom is -0.466 e. The van der Waals surface area contributed by atoms with Crippen LogP contribution in [0.15, 0.2) is 48.7 Å². The average molecular weight is 281 g/mol. The first-order chi connectivity index (χ1) is 10.3. The second-order valence-corrected chi connectivity index (χ2v) is 4.55. The first-order valence-corrected chi connectivity index (χ1v) is 6.83. The number of hydrogen-bond donors (Lipinski definition) is 0. The SMILES string of the molecule is CCOC(=O)Cc1c(-c2ccccc2)nc2cccnn12. The van der Waals surface area contributed by atoms with Crippen LogP contribution in [0.5, 0.6) is 0 Å². The molecule has 0 radical (unpaired) electrons. The number of ether oxygens (including phenoxy) is 1. The normalized spacial score (nSPS) is 10.7. The lowest BCUT2D eigenvalue weighted by molar-refractivity contribution is -0.142. The van der Waals surface area contributed by atoms with Gasteiger partial charge in [0.05, 0.1) is 24.4 Å². The highest BCUT2D eigenvalue weighted by Gasteiger charge is 2.18. The smallest absolute Gasteiger partial charge is 0.311 e. The van der Waals surface area contributed by atoms with Gasteiger partial charge < -0.3 is 4.74 Å². The lowest BCUT2D eigenvalue weighted by Crippen LogP contribution is -2.11. The van der Waals surface area contributed by atoms with E-state index in [1.807, 2.05) is 42.5 Å². The number of imidazole rings is 1. The van der Waals surface area contributed by atoms with Crippen LogP contribution in [0, 0.1) is 0 Å². The van der Waals surface area contributed by atoms with E-state index in [1.54, 1.807) is 17.6 Å².